The summed E-state index contributed by atoms with van der Waals surface area (Å²) in [7, 11) is -3.31. The second-order valence-corrected chi connectivity index (χ2v) is 6.65. The number of nitrogen functional groups attached to an aromatic ring is 1. The van der Waals surface area contributed by atoms with Crippen molar-refractivity contribution in [2.75, 3.05) is 12.3 Å². The molecule has 1 aromatic carbocycles. The van der Waals surface area contributed by atoms with Crippen molar-refractivity contribution in [2.24, 2.45) is 5.92 Å². The Bertz CT molecular complexity index is 493. The van der Waals surface area contributed by atoms with Gasteiger partial charge in [0, 0.05) is 12.2 Å². The Morgan fingerprint density at radius 1 is 1.28 bits per heavy atom. The molecule has 0 atom stereocenters. The first-order valence-electron chi connectivity index (χ1n) is 5.94. The van der Waals surface area contributed by atoms with Crippen LogP contribution in [0.1, 0.15) is 18.4 Å². The van der Waals surface area contributed by atoms with Crippen LogP contribution < -0.4 is 10.5 Å². The first-order valence-corrected chi connectivity index (χ1v) is 7.59. The number of hydrogen-bond acceptors (Lipinski definition) is 4. The Hall–Kier alpha value is -1.11. The zero-order valence-corrected chi connectivity index (χ0v) is 10.9. The molecular weight excluding hydrogens is 252 g/mol. The van der Waals surface area contributed by atoms with Crippen molar-refractivity contribution in [3.8, 4) is 0 Å². The molecule has 5 nitrogen and oxygen atoms in total. The highest BCUT2D eigenvalue weighted by molar-refractivity contribution is 7.88. The Balaban J connectivity index is 1.85. The predicted molar refractivity (Wildman–Crippen MR) is 70.2 cm³/mol. The summed E-state index contributed by atoms with van der Waals surface area (Å²) in [6.45, 7) is 0.411. The molecule has 0 heterocycles. The molecule has 2 rings (SSSR count). The minimum Gasteiger partial charge on any atom is -0.399 e. The average Bonchev–Trinajstić information content (AvgIpc) is 2.26. The number of anilines is 1. The van der Waals surface area contributed by atoms with Gasteiger partial charge in [-0.15, -0.1) is 0 Å². The second-order valence-electron chi connectivity index (χ2n) is 4.84. The summed E-state index contributed by atoms with van der Waals surface area (Å²) >= 11 is 0. The van der Waals surface area contributed by atoms with Crippen molar-refractivity contribution in [1.82, 2.24) is 4.72 Å². The molecule has 0 unspecified atom stereocenters. The molecule has 0 aliphatic heterocycles. The molecule has 0 aromatic heterocycles. The van der Waals surface area contributed by atoms with Crippen LogP contribution in [0.15, 0.2) is 24.3 Å². The van der Waals surface area contributed by atoms with E-state index >= 15 is 0 Å². The molecule has 1 fully saturated rings. The van der Waals surface area contributed by atoms with Crippen LogP contribution in [-0.4, -0.2) is 26.2 Å². The van der Waals surface area contributed by atoms with Gasteiger partial charge in [0.15, 0.2) is 0 Å². The van der Waals surface area contributed by atoms with Crippen molar-refractivity contribution in [1.29, 1.82) is 0 Å². The highest BCUT2D eigenvalue weighted by Gasteiger charge is 2.28. The van der Waals surface area contributed by atoms with E-state index < -0.39 is 10.0 Å². The third-order valence-corrected chi connectivity index (χ3v) is 4.46. The molecule has 0 bridgehead atoms. The molecule has 1 aliphatic rings. The number of rotatable bonds is 5. The minimum atomic E-state index is -3.31. The summed E-state index contributed by atoms with van der Waals surface area (Å²) in [6.07, 6.45) is 1.12. The van der Waals surface area contributed by atoms with Crippen LogP contribution in [-0.2, 0) is 15.8 Å². The molecule has 1 saturated carbocycles. The lowest BCUT2D eigenvalue weighted by Gasteiger charge is -2.31. The molecule has 0 radical (unpaired) electrons. The summed E-state index contributed by atoms with van der Waals surface area (Å²) in [5, 5.41) is 9.12. The van der Waals surface area contributed by atoms with E-state index in [9.17, 15) is 8.42 Å². The summed E-state index contributed by atoms with van der Waals surface area (Å²) in [5.74, 6) is 0.226. The third-order valence-electron chi connectivity index (χ3n) is 3.14. The third kappa shape index (κ3) is 3.69. The highest BCUT2D eigenvalue weighted by atomic mass is 32.2. The average molecular weight is 270 g/mol. The van der Waals surface area contributed by atoms with Gasteiger partial charge in [0.25, 0.3) is 0 Å². The lowest BCUT2D eigenvalue weighted by Crippen LogP contribution is -2.38. The normalized spacial score (nSPS) is 23.6. The number of aliphatic hydroxyl groups excluding tert-OH is 1. The van der Waals surface area contributed by atoms with E-state index in [1.807, 2.05) is 0 Å². The Labute approximate surface area is 107 Å². The van der Waals surface area contributed by atoms with Gasteiger partial charge in [0.05, 0.1) is 11.9 Å². The van der Waals surface area contributed by atoms with Gasteiger partial charge in [0.2, 0.25) is 10.0 Å². The quantitative estimate of drug-likeness (QED) is 0.678. The van der Waals surface area contributed by atoms with Gasteiger partial charge in [-0.05, 0) is 36.5 Å². The topological polar surface area (TPSA) is 92.4 Å². The van der Waals surface area contributed by atoms with Gasteiger partial charge >= 0.3 is 0 Å². The zero-order chi connectivity index (χ0) is 13.2. The Kier molecular flexibility index (Phi) is 3.89. The molecule has 4 N–H and O–H groups in total. The molecule has 0 amide bonds. The molecule has 100 valence electrons. The van der Waals surface area contributed by atoms with E-state index in [2.05, 4.69) is 4.72 Å². The zero-order valence-electron chi connectivity index (χ0n) is 10.0. The SMILES string of the molecule is Nc1ccc(CS(=O)(=O)NCC2CC(O)C2)cc1. The van der Waals surface area contributed by atoms with Crippen LogP contribution in [0.3, 0.4) is 0 Å². The van der Waals surface area contributed by atoms with Crippen molar-refractivity contribution in [3.63, 3.8) is 0 Å². The van der Waals surface area contributed by atoms with Gasteiger partial charge in [-0.1, -0.05) is 12.1 Å². The molecule has 18 heavy (non-hydrogen) atoms. The highest BCUT2D eigenvalue weighted by Crippen LogP contribution is 2.26. The van der Waals surface area contributed by atoms with Gasteiger partial charge < -0.3 is 10.8 Å². The van der Waals surface area contributed by atoms with E-state index in [1.165, 1.54) is 0 Å². The van der Waals surface area contributed by atoms with Crippen molar-refractivity contribution in [2.45, 2.75) is 24.7 Å². The summed E-state index contributed by atoms with van der Waals surface area (Å²) in [6, 6.07) is 6.80. The second kappa shape index (κ2) is 5.26. The standard InChI is InChI=1S/C12H18N2O3S/c13-11-3-1-9(2-4-11)8-18(16,17)14-7-10-5-12(15)6-10/h1-4,10,12,14-15H,5-8,13H2. The van der Waals surface area contributed by atoms with Crippen molar-refractivity contribution < 1.29 is 13.5 Å². The van der Waals surface area contributed by atoms with Crippen LogP contribution in [0.5, 0.6) is 0 Å². The van der Waals surface area contributed by atoms with Crippen LogP contribution in [0.25, 0.3) is 0 Å². The van der Waals surface area contributed by atoms with Crippen LogP contribution in [0.2, 0.25) is 0 Å². The molecule has 6 heteroatoms. The van der Waals surface area contributed by atoms with E-state index in [-0.39, 0.29) is 17.8 Å². The van der Waals surface area contributed by atoms with Gasteiger partial charge in [-0.2, -0.15) is 0 Å². The largest absolute Gasteiger partial charge is 0.399 e. The number of aliphatic hydroxyl groups is 1. The predicted octanol–water partition coefficient (Wildman–Crippen LogP) is 0.459. The molecule has 1 aromatic rings. The smallest absolute Gasteiger partial charge is 0.215 e. The van der Waals surface area contributed by atoms with Crippen LogP contribution >= 0.6 is 0 Å². The Morgan fingerprint density at radius 3 is 2.44 bits per heavy atom. The Morgan fingerprint density at radius 2 is 1.89 bits per heavy atom. The lowest BCUT2D eigenvalue weighted by atomic mass is 9.83. The number of nitrogens with two attached hydrogens (primary N) is 1. The first kappa shape index (κ1) is 13.3. The molecule has 0 spiro atoms. The van der Waals surface area contributed by atoms with Gasteiger partial charge in [-0.3, -0.25) is 0 Å². The summed E-state index contributed by atoms with van der Waals surface area (Å²) in [4.78, 5) is 0. The van der Waals surface area contributed by atoms with E-state index in [0.717, 1.165) is 0 Å². The minimum absolute atomic E-state index is 0.0391. The maximum Gasteiger partial charge on any atom is 0.215 e. The van der Waals surface area contributed by atoms with Crippen LogP contribution in [0, 0.1) is 5.92 Å². The number of hydrogen-bond donors (Lipinski definition) is 3. The summed E-state index contributed by atoms with van der Waals surface area (Å²) < 4.78 is 26.2. The number of sulfonamides is 1. The fourth-order valence-corrected chi connectivity index (χ4v) is 3.22. The summed E-state index contributed by atoms with van der Waals surface area (Å²) in [5.41, 5.74) is 6.87. The van der Waals surface area contributed by atoms with E-state index in [1.54, 1.807) is 24.3 Å². The van der Waals surface area contributed by atoms with Crippen molar-refractivity contribution >= 4 is 15.7 Å². The molecular formula is C12H18N2O3S. The number of benzene rings is 1. The first-order chi connectivity index (χ1) is 8.44. The fourth-order valence-electron chi connectivity index (χ4n) is 2.00. The van der Waals surface area contributed by atoms with Gasteiger partial charge in [0.1, 0.15) is 0 Å². The van der Waals surface area contributed by atoms with E-state index in [0.29, 0.717) is 30.6 Å². The fraction of sp³-hybridized carbons (Fsp3) is 0.500. The van der Waals surface area contributed by atoms with Gasteiger partial charge in [-0.25, -0.2) is 13.1 Å². The number of nitrogens with one attached hydrogen (secondary N) is 1. The van der Waals surface area contributed by atoms with Crippen LogP contribution in [0.4, 0.5) is 5.69 Å². The van der Waals surface area contributed by atoms with Crippen molar-refractivity contribution in [3.05, 3.63) is 29.8 Å². The monoisotopic (exact) mass is 270 g/mol. The maximum absolute atomic E-state index is 11.8. The van der Waals surface area contributed by atoms with E-state index in [4.69, 9.17) is 10.8 Å². The maximum atomic E-state index is 11.8. The molecule has 0 saturated heterocycles. The lowest BCUT2D eigenvalue weighted by molar-refractivity contribution is 0.0453. The molecule has 1 aliphatic carbocycles.